The highest BCUT2D eigenvalue weighted by Gasteiger charge is 2.23. The van der Waals surface area contributed by atoms with Crippen LogP contribution in [-0.2, 0) is 11.2 Å². The molecule has 1 aromatic heterocycles. The van der Waals surface area contributed by atoms with Gasteiger partial charge in [0.05, 0.1) is 0 Å². The van der Waals surface area contributed by atoms with Gasteiger partial charge in [0.1, 0.15) is 6.04 Å². The quantitative estimate of drug-likeness (QED) is 0.694. The largest absolute Gasteiger partial charge is 0.310 e. The minimum absolute atomic E-state index is 0.0424. The average molecular weight is 319 g/mol. The number of amides is 1. The van der Waals surface area contributed by atoms with Gasteiger partial charge < -0.3 is 4.90 Å². The van der Waals surface area contributed by atoms with Gasteiger partial charge in [-0.2, -0.15) is 5.10 Å². The van der Waals surface area contributed by atoms with E-state index in [4.69, 9.17) is 0 Å². The lowest BCUT2D eigenvalue weighted by Crippen LogP contribution is -2.38. The van der Waals surface area contributed by atoms with Crippen molar-refractivity contribution in [1.82, 2.24) is 9.78 Å². The molecule has 1 unspecified atom stereocenters. The molecule has 0 bridgehead atoms. The lowest BCUT2D eigenvalue weighted by molar-refractivity contribution is -0.121. The van der Waals surface area contributed by atoms with E-state index in [1.165, 1.54) is 5.56 Å². The van der Waals surface area contributed by atoms with Gasteiger partial charge in [-0.3, -0.25) is 9.48 Å². The summed E-state index contributed by atoms with van der Waals surface area (Å²) in [5.41, 5.74) is 2.13. The molecule has 3 aromatic rings. The highest BCUT2D eigenvalue weighted by molar-refractivity contribution is 5.95. The minimum Gasteiger partial charge on any atom is -0.310 e. The van der Waals surface area contributed by atoms with Crippen molar-refractivity contribution >= 4 is 11.6 Å². The van der Waals surface area contributed by atoms with E-state index in [1.54, 1.807) is 10.9 Å². The Morgan fingerprint density at radius 3 is 2.33 bits per heavy atom. The first-order chi connectivity index (χ1) is 11.8. The lowest BCUT2D eigenvalue weighted by Gasteiger charge is -2.26. The Kier molecular flexibility index (Phi) is 5.06. The molecule has 0 N–H and O–H groups in total. The fourth-order valence-corrected chi connectivity index (χ4v) is 2.71. The highest BCUT2D eigenvalue weighted by Crippen LogP contribution is 2.19. The number of hydrogen-bond acceptors (Lipinski definition) is 2. The number of benzene rings is 2. The Hall–Kier alpha value is -2.88. The molecule has 0 spiro atoms. The third-order valence-corrected chi connectivity index (χ3v) is 4.08. The Morgan fingerprint density at radius 1 is 1.04 bits per heavy atom. The lowest BCUT2D eigenvalue weighted by atomic mass is 10.1. The summed E-state index contributed by atoms with van der Waals surface area (Å²) in [6, 6.07) is 21.5. The van der Waals surface area contributed by atoms with Crippen LogP contribution in [0.15, 0.2) is 79.1 Å². The first kappa shape index (κ1) is 16.0. The second kappa shape index (κ2) is 7.59. The first-order valence-electron chi connectivity index (χ1n) is 8.15. The van der Waals surface area contributed by atoms with E-state index in [9.17, 15) is 4.79 Å². The van der Waals surface area contributed by atoms with Gasteiger partial charge in [-0.25, -0.2) is 0 Å². The van der Waals surface area contributed by atoms with Gasteiger partial charge in [0.25, 0.3) is 5.91 Å². The van der Waals surface area contributed by atoms with Gasteiger partial charge in [0, 0.05) is 24.6 Å². The normalized spacial score (nSPS) is 11.9. The molecule has 0 aliphatic carbocycles. The summed E-state index contributed by atoms with van der Waals surface area (Å²) in [6.07, 6.45) is 4.33. The molecule has 24 heavy (non-hydrogen) atoms. The van der Waals surface area contributed by atoms with E-state index in [-0.39, 0.29) is 11.9 Å². The molecule has 0 aliphatic rings. The molecule has 3 rings (SSSR count). The summed E-state index contributed by atoms with van der Waals surface area (Å²) in [4.78, 5) is 14.9. The molecule has 1 heterocycles. The van der Waals surface area contributed by atoms with Crippen molar-refractivity contribution in [2.75, 3.05) is 11.4 Å². The topological polar surface area (TPSA) is 38.1 Å². The maximum absolute atomic E-state index is 13.0. The fourth-order valence-electron chi connectivity index (χ4n) is 2.71. The van der Waals surface area contributed by atoms with Crippen molar-refractivity contribution in [2.24, 2.45) is 0 Å². The number of carbonyl (C=O) groups is 1. The second-order valence-electron chi connectivity index (χ2n) is 5.72. The molecule has 4 heteroatoms. The summed E-state index contributed by atoms with van der Waals surface area (Å²) in [5, 5.41) is 4.20. The van der Waals surface area contributed by atoms with Crippen molar-refractivity contribution in [3.8, 4) is 0 Å². The summed E-state index contributed by atoms with van der Waals surface area (Å²) >= 11 is 0. The van der Waals surface area contributed by atoms with Crippen molar-refractivity contribution < 1.29 is 4.79 Å². The molecule has 0 saturated heterocycles. The average Bonchev–Trinajstić information content (AvgIpc) is 3.17. The number of anilines is 1. The fraction of sp³-hybridized carbons (Fsp3) is 0.200. The molecule has 122 valence electrons. The summed E-state index contributed by atoms with van der Waals surface area (Å²) < 4.78 is 1.70. The zero-order valence-corrected chi connectivity index (χ0v) is 13.7. The van der Waals surface area contributed by atoms with Gasteiger partial charge in [-0.05, 0) is 37.1 Å². The maximum atomic E-state index is 13.0. The van der Waals surface area contributed by atoms with Crippen LogP contribution in [0.1, 0.15) is 18.5 Å². The van der Waals surface area contributed by atoms with E-state index in [0.717, 1.165) is 12.1 Å². The second-order valence-corrected chi connectivity index (χ2v) is 5.72. The number of carbonyl (C=O) groups excluding carboxylic acids is 1. The van der Waals surface area contributed by atoms with Crippen LogP contribution >= 0.6 is 0 Å². The van der Waals surface area contributed by atoms with Crippen LogP contribution in [0.3, 0.4) is 0 Å². The van der Waals surface area contributed by atoms with Gasteiger partial charge in [-0.15, -0.1) is 0 Å². The summed E-state index contributed by atoms with van der Waals surface area (Å²) in [6.45, 7) is 2.52. The molecule has 0 aliphatic heterocycles. The van der Waals surface area contributed by atoms with Gasteiger partial charge >= 0.3 is 0 Å². The van der Waals surface area contributed by atoms with E-state index < -0.39 is 0 Å². The smallest absolute Gasteiger partial charge is 0.251 e. The van der Waals surface area contributed by atoms with Crippen molar-refractivity contribution in [3.63, 3.8) is 0 Å². The Labute approximate surface area is 142 Å². The zero-order valence-electron chi connectivity index (χ0n) is 13.7. The van der Waals surface area contributed by atoms with Crippen LogP contribution in [0.2, 0.25) is 0 Å². The van der Waals surface area contributed by atoms with Crippen LogP contribution in [0.5, 0.6) is 0 Å². The van der Waals surface area contributed by atoms with E-state index in [0.29, 0.717) is 6.54 Å². The molecule has 4 nitrogen and oxygen atoms in total. The predicted octanol–water partition coefficient (Wildman–Crippen LogP) is 3.72. The minimum atomic E-state index is -0.337. The van der Waals surface area contributed by atoms with Crippen LogP contribution in [-0.4, -0.2) is 22.2 Å². The summed E-state index contributed by atoms with van der Waals surface area (Å²) in [7, 11) is 0. The molecule has 2 aromatic carbocycles. The number of rotatable bonds is 6. The Morgan fingerprint density at radius 2 is 1.71 bits per heavy atom. The zero-order chi connectivity index (χ0) is 16.8. The molecule has 1 amide bonds. The molecular weight excluding hydrogens is 298 g/mol. The molecule has 0 fully saturated rings. The molecule has 0 saturated carbocycles. The van der Waals surface area contributed by atoms with E-state index >= 15 is 0 Å². The SMILES string of the molecule is CC(C(=O)N(CCc1ccccc1)c1ccccc1)n1cccn1. The van der Waals surface area contributed by atoms with E-state index in [1.807, 2.05) is 72.6 Å². The standard InChI is InChI=1S/C20H21N3O/c1-17(23-15-8-14-21-23)20(24)22(19-11-6-3-7-12-19)16-13-18-9-4-2-5-10-18/h2-12,14-15,17H,13,16H2,1H3. The monoisotopic (exact) mass is 319 g/mol. The maximum Gasteiger partial charge on any atom is 0.251 e. The highest BCUT2D eigenvalue weighted by atomic mass is 16.2. The third-order valence-electron chi connectivity index (χ3n) is 4.08. The van der Waals surface area contributed by atoms with Gasteiger partial charge in [0.15, 0.2) is 0 Å². The van der Waals surface area contributed by atoms with Crippen molar-refractivity contribution in [3.05, 3.63) is 84.7 Å². The van der Waals surface area contributed by atoms with Gasteiger partial charge in [-0.1, -0.05) is 48.5 Å². The van der Waals surface area contributed by atoms with Crippen molar-refractivity contribution in [2.45, 2.75) is 19.4 Å². The number of hydrogen-bond donors (Lipinski definition) is 0. The molecular formula is C20H21N3O. The van der Waals surface area contributed by atoms with Crippen LogP contribution in [0, 0.1) is 0 Å². The van der Waals surface area contributed by atoms with Crippen LogP contribution < -0.4 is 4.90 Å². The Bertz CT molecular complexity index is 754. The molecule has 1 atom stereocenters. The number of nitrogens with zero attached hydrogens (tertiary/aromatic N) is 3. The third kappa shape index (κ3) is 3.71. The number of para-hydroxylation sites is 1. The summed E-state index contributed by atoms with van der Waals surface area (Å²) in [5.74, 6) is 0.0424. The van der Waals surface area contributed by atoms with Crippen LogP contribution in [0.25, 0.3) is 0 Å². The van der Waals surface area contributed by atoms with Crippen molar-refractivity contribution in [1.29, 1.82) is 0 Å². The number of aromatic nitrogens is 2. The van der Waals surface area contributed by atoms with E-state index in [2.05, 4.69) is 17.2 Å². The Balaban J connectivity index is 1.81. The molecule has 0 radical (unpaired) electrons. The first-order valence-corrected chi connectivity index (χ1v) is 8.15. The van der Waals surface area contributed by atoms with Gasteiger partial charge in [0.2, 0.25) is 0 Å². The van der Waals surface area contributed by atoms with Crippen LogP contribution in [0.4, 0.5) is 5.69 Å². The predicted molar refractivity (Wildman–Crippen MR) is 95.9 cm³/mol.